The average Bonchev–Trinajstić information content (AvgIpc) is 2.81. The highest BCUT2D eigenvalue weighted by Gasteiger charge is 2.27. The Morgan fingerprint density at radius 2 is 2.00 bits per heavy atom. The Morgan fingerprint density at radius 3 is 2.60 bits per heavy atom. The first-order chi connectivity index (χ1) is 12.2. The average molecular weight is 356 g/mol. The van der Waals surface area contributed by atoms with Gasteiger partial charge in [0.25, 0.3) is 0 Å². The minimum absolute atomic E-state index is 0.212. The molecule has 1 saturated heterocycles. The summed E-state index contributed by atoms with van der Waals surface area (Å²) in [6.45, 7) is 1.73. The summed E-state index contributed by atoms with van der Waals surface area (Å²) >= 11 is 1.21. The summed E-state index contributed by atoms with van der Waals surface area (Å²) in [6.07, 6.45) is 4.50. The number of hydrogen-bond donors (Lipinski definition) is 1. The van der Waals surface area contributed by atoms with Gasteiger partial charge in [0, 0.05) is 18.7 Å². The van der Waals surface area contributed by atoms with E-state index in [1.165, 1.54) is 24.2 Å². The molecule has 1 N–H and O–H groups in total. The summed E-state index contributed by atoms with van der Waals surface area (Å²) in [5, 5.41) is 20.3. The van der Waals surface area contributed by atoms with Crippen LogP contribution in [0.1, 0.15) is 40.9 Å². The van der Waals surface area contributed by atoms with Gasteiger partial charge < -0.3 is 14.7 Å². The van der Waals surface area contributed by atoms with Crippen molar-refractivity contribution < 1.29 is 14.6 Å². The van der Waals surface area contributed by atoms with Crippen molar-refractivity contribution in [3.8, 4) is 22.9 Å². The second-order valence-corrected chi connectivity index (χ2v) is 7.04. The predicted molar refractivity (Wildman–Crippen MR) is 98.7 cm³/mol. The molecule has 0 radical (unpaired) electrons. The first-order valence-corrected chi connectivity index (χ1v) is 9.17. The van der Waals surface area contributed by atoms with Gasteiger partial charge >= 0.3 is 5.97 Å². The number of ether oxygens (including phenoxy) is 1. The van der Waals surface area contributed by atoms with Crippen molar-refractivity contribution in [3.05, 3.63) is 34.7 Å². The van der Waals surface area contributed by atoms with Gasteiger partial charge in [-0.05, 0) is 30.5 Å². The Kier molecular flexibility index (Phi) is 5.25. The van der Waals surface area contributed by atoms with Crippen molar-refractivity contribution in [2.75, 3.05) is 25.1 Å². The second-order valence-electron chi connectivity index (χ2n) is 6.04. The molecule has 25 heavy (non-hydrogen) atoms. The first kappa shape index (κ1) is 17.3. The molecule has 0 atom stereocenters. The molecular weight excluding hydrogens is 336 g/mol. The van der Waals surface area contributed by atoms with Crippen LogP contribution in [-0.2, 0) is 0 Å². The van der Waals surface area contributed by atoms with E-state index >= 15 is 0 Å². The Labute approximate surface area is 151 Å². The third kappa shape index (κ3) is 3.47. The molecule has 1 aliphatic rings. The fourth-order valence-corrected chi connectivity index (χ4v) is 4.39. The van der Waals surface area contributed by atoms with E-state index in [2.05, 4.69) is 11.0 Å². The molecule has 6 heteroatoms. The zero-order valence-electron chi connectivity index (χ0n) is 14.1. The van der Waals surface area contributed by atoms with Gasteiger partial charge in [-0.1, -0.05) is 25.0 Å². The van der Waals surface area contributed by atoms with Crippen molar-refractivity contribution in [2.24, 2.45) is 0 Å². The highest BCUT2D eigenvalue weighted by atomic mass is 32.1. The maximum Gasteiger partial charge on any atom is 0.346 e. The van der Waals surface area contributed by atoms with Crippen LogP contribution in [0.4, 0.5) is 5.00 Å². The van der Waals surface area contributed by atoms with E-state index in [9.17, 15) is 15.2 Å². The van der Waals surface area contributed by atoms with E-state index in [1.54, 1.807) is 19.2 Å². The highest BCUT2D eigenvalue weighted by molar-refractivity contribution is 7.18. The van der Waals surface area contributed by atoms with Crippen LogP contribution in [0.25, 0.3) is 11.1 Å². The SMILES string of the molecule is COc1cccc(-c2c(C(=O)O)sc(N3CCCCCC3)c2C#N)c1. The van der Waals surface area contributed by atoms with Crippen LogP contribution in [0.5, 0.6) is 5.75 Å². The van der Waals surface area contributed by atoms with Crippen LogP contribution in [0.2, 0.25) is 0 Å². The number of methoxy groups -OCH3 is 1. The Hall–Kier alpha value is -2.52. The van der Waals surface area contributed by atoms with E-state index in [-0.39, 0.29) is 4.88 Å². The monoisotopic (exact) mass is 356 g/mol. The lowest BCUT2D eigenvalue weighted by Gasteiger charge is -2.21. The van der Waals surface area contributed by atoms with Gasteiger partial charge in [-0.2, -0.15) is 5.26 Å². The van der Waals surface area contributed by atoms with Gasteiger partial charge in [-0.3, -0.25) is 0 Å². The fraction of sp³-hybridized carbons (Fsp3) is 0.368. The maximum absolute atomic E-state index is 11.8. The topological polar surface area (TPSA) is 73.6 Å². The minimum Gasteiger partial charge on any atom is -0.497 e. The number of thiophene rings is 1. The quantitative estimate of drug-likeness (QED) is 0.880. The molecule has 5 nitrogen and oxygen atoms in total. The minimum atomic E-state index is -1.000. The number of carboxylic acid groups (broad SMARTS) is 1. The first-order valence-electron chi connectivity index (χ1n) is 8.35. The molecule has 0 unspecified atom stereocenters. The second kappa shape index (κ2) is 7.58. The summed E-state index contributed by atoms with van der Waals surface area (Å²) in [5.74, 6) is -0.361. The van der Waals surface area contributed by atoms with E-state index in [0.29, 0.717) is 22.4 Å². The summed E-state index contributed by atoms with van der Waals surface area (Å²) < 4.78 is 5.25. The van der Waals surface area contributed by atoms with Gasteiger partial charge in [-0.15, -0.1) is 11.3 Å². The number of benzene rings is 1. The lowest BCUT2D eigenvalue weighted by Crippen LogP contribution is -2.23. The van der Waals surface area contributed by atoms with Crippen LogP contribution in [-0.4, -0.2) is 31.3 Å². The number of carbonyl (C=O) groups is 1. The molecule has 0 saturated carbocycles. The molecule has 1 fully saturated rings. The Bertz CT molecular complexity index is 815. The molecule has 0 spiro atoms. The molecule has 1 aromatic carbocycles. The number of nitriles is 1. The van der Waals surface area contributed by atoms with Crippen LogP contribution in [0, 0.1) is 11.3 Å². The summed E-state index contributed by atoms with van der Waals surface area (Å²) in [7, 11) is 1.57. The number of aromatic carboxylic acids is 1. The van der Waals surface area contributed by atoms with Crippen molar-refractivity contribution in [3.63, 3.8) is 0 Å². The number of anilines is 1. The lowest BCUT2D eigenvalue weighted by atomic mass is 10.0. The molecule has 130 valence electrons. The summed E-state index contributed by atoms with van der Waals surface area (Å²) in [6, 6.07) is 9.47. The Morgan fingerprint density at radius 1 is 1.28 bits per heavy atom. The molecule has 1 aromatic heterocycles. The van der Waals surface area contributed by atoms with Gasteiger partial charge in [0.2, 0.25) is 0 Å². The third-order valence-electron chi connectivity index (χ3n) is 4.45. The number of carboxylic acids is 1. The smallest absolute Gasteiger partial charge is 0.346 e. The predicted octanol–water partition coefficient (Wildman–Crippen LogP) is 4.37. The highest BCUT2D eigenvalue weighted by Crippen LogP contribution is 2.43. The number of nitrogens with zero attached hydrogens (tertiary/aromatic N) is 2. The summed E-state index contributed by atoms with van der Waals surface area (Å²) in [4.78, 5) is 14.2. The van der Waals surface area contributed by atoms with E-state index in [1.807, 2.05) is 12.1 Å². The van der Waals surface area contributed by atoms with Gasteiger partial charge in [0.15, 0.2) is 0 Å². The van der Waals surface area contributed by atoms with Crippen LogP contribution in [0.3, 0.4) is 0 Å². The molecule has 0 aliphatic carbocycles. The van der Waals surface area contributed by atoms with Crippen molar-refractivity contribution in [2.45, 2.75) is 25.7 Å². The Balaban J connectivity index is 2.16. The number of rotatable bonds is 4. The van der Waals surface area contributed by atoms with Crippen LogP contribution < -0.4 is 9.64 Å². The van der Waals surface area contributed by atoms with Gasteiger partial charge in [-0.25, -0.2) is 4.79 Å². The normalized spacial score (nSPS) is 14.6. The maximum atomic E-state index is 11.8. The lowest BCUT2D eigenvalue weighted by molar-refractivity contribution is 0.0703. The third-order valence-corrected chi connectivity index (χ3v) is 5.69. The molecule has 2 heterocycles. The number of hydrogen-bond acceptors (Lipinski definition) is 5. The molecule has 2 aromatic rings. The van der Waals surface area contributed by atoms with Crippen molar-refractivity contribution >= 4 is 22.3 Å². The van der Waals surface area contributed by atoms with E-state index in [4.69, 9.17) is 4.74 Å². The molecule has 0 bridgehead atoms. The fourth-order valence-electron chi connectivity index (χ4n) is 3.22. The van der Waals surface area contributed by atoms with E-state index in [0.717, 1.165) is 30.9 Å². The largest absolute Gasteiger partial charge is 0.497 e. The zero-order valence-corrected chi connectivity index (χ0v) is 14.9. The molecular formula is C19H20N2O3S. The van der Waals surface area contributed by atoms with Crippen molar-refractivity contribution in [1.82, 2.24) is 0 Å². The van der Waals surface area contributed by atoms with Gasteiger partial charge in [0.1, 0.15) is 21.7 Å². The molecule has 0 amide bonds. The van der Waals surface area contributed by atoms with Crippen LogP contribution >= 0.6 is 11.3 Å². The van der Waals surface area contributed by atoms with Crippen LogP contribution in [0.15, 0.2) is 24.3 Å². The van der Waals surface area contributed by atoms with Crippen molar-refractivity contribution in [1.29, 1.82) is 5.26 Å². The van der Waals surface area contributed by atoms with E-state index < -0.39 is 5.97 Å². The molecule has 3 rings (SSSR count). The summed E-state index contributed by atoms with van der Waals surface area (Å²) in [5.41, 5.74) is 1.65. The molecule has 1 aliphatic heterocycles. The van der Waals surface area contributed by atoms with Gasteiger partial charge in [0.05, 0.1) is 12.7 Å². The zero-order chi connectivity index (χ0) is 17.8. The standard InChI is InChI=1S/C19H20N2O3S/c1-24-14-8-6-7-13(11-14)16-15(12-20)18(25-17(16)19(22)23)21-9-4-2-3-5-10-21/h6-8,11H,2-5,9-10H2,1H3,(H,22,23).